The molecule has 0 amide bonds. The number of aryl methyl sites for hydroxylation is 2. The van der Waals surface area contributed by atoms with Gasteiger partial charge in [-0.15, -0.1) is 0 Å². The van der Waals surface area contributed by atoms with Gasteiger partial charge in [0.05, 0.1) is 0 Å². The van der Waals surface area contributed by atoms with Gasteiger partial charge in [0.1, 0.15) is 5.82 Å². The van der Waals surface area contributed by atoms with E-state index in [-0.39, 0.29) is 12.2 Å². The first kappa shape index (κ1) is 12.5. The Morgan fingerprint density at radius 1 is 1.28 bits per heavy atom. The van der Waals surface area contributed by atoms with E-state index in [1.165, 1.54) is 0 Å². The first-order valence-electron chi connectivity index (χ1n) is 5.90. The van der Waals surface area contributed by atoms with E-state index in [0.29, 0.717) is 23.5 Å². The molecule has 0 saturated carbocycles. The number of aromatic nitrogens is 2. The van der Waals surface area contributed by atoms with Crippen molar-refractivity contribution < 1.29 is 5.11 Å². The van der Waals surface area contributed by atoms with Crippen LogP contribution in [0.2, 0.25) is 0 Å². The van der Waals surface area contributed by atoms with Gasteiger partial charge >= 0.3 is 0 Å². The molecule has 0 unspecified atom stereocenters. The van der Waals surface area contributed by atoms with Crippen LogP contribution in [0.5, 0.6) is 0 Å². The molecule has 0 aliphatic heterocycles. The average Bonchev–Trinajstić information content (AvgIpc) is 2.34. The lowest BCUT2D eigenvalue weighted by Crippen LogP contribution is -2.18. The Morgan fingerprint density at radius 3 is 2.61 bits per heavy atom. The molecule has 1 heterocycles. The highest BCUT2D eigenvalue weighted by molar-refractivity contribution is 5.59. The summed E-state index contributed by atoms with van der Waals surface area (Å²) in [5, 5.41) is 8.92. The Balaban J connectivity index is 2.55. The van der Waals surface area contributed by atoms with Crippen LogP contribution in [-0.2, 0) is 6.42 Å². The zero-order valence-corrected chi connectivity index (χ0v) is 10.5. The maximum atomic E-state index is 11.9. The molecule has 0 bridgehead atoms. The van der Waals surface area contributed by atoms with E-state index >= 15 is 0 Å². The Hall–Kier alpha value is -1.94. The predicted molar refractivity (Wildman–Crippen MR) is 70.6 cm³/mol. The smallest absolute Gasteiger partial charge is 0.254 e. The summed E-state index contributed by atoms with van der Waals surface area (Å²) in [5.41, 5.74) is 3.04. The molecule has 4 nitrogen and oxygen atoms in total. The minimum atomic E-state index is -0.171. The number of nitrogens with one attached hydrogen (secondary N) is 1. The molecule has 18 heavy (non-hydrogen) atoms. The first-order chi connectivity index (χ1) is 8.63. The van der Waals surface area contributed by atoms with Gasteiger partial charge in [0, 0.05) is 29.8 Å². The van der Waals surface area contributed by atoms with Crippen LogP contribution in [0.25, 0.3) is 11.4 Å². The number of nitrogens with zero attached hydrogens (tertiary/aromatic N) is 1. The van der Waals surface area contributed by atoms with Gasteiger partial charge in [0.25, 0.3) is 5.56 Å². The van der Waals surface area contributed by atoms with Gasteiger partial charge in [0.2, 0.25) is 0 Å². The van der Waals surface area contributed by atoms with E-state index in [9.17, 15) is 4.79 Å². The fourth-order valence-corrected chi connectivity index (χ4v) is 1.98. The highest BCUT2D eigenvalue weighted by Crippen LogP contribution is 2.18. The molecule has 0 spiro atoms. The molecule has 0 aliphatic rings. The van der Waals surface area contributed by atoms with Crippen LogP contribution < -0.4 is 5.56 Å². The number of hydrogen-bond acceptors (Lipinski definition) is 3. The third-order valence-corrected chi connectivity index (χ3v) is 2.98. The van der Waals surface area contributed by atoms with E-state index in [1.54, 1.807) is 6.92 Å². The normalized spacial score (nSPS) is 10.6. The minimum Gasteiger partial charge on any atom is -0.396 e. The molecule has 4 heteroatoms. The van der Waals surface area contributed by atoms with Crippen LogP contribution >= 0.6 is 0 Å². The summed E-state index contributed by atoms with van der Waals surface area (Å²) in [6.07, 6.45) is 0.336. The molecule has 0 atom stereocenters. The maximum absolute atomic E-state index is 11.9. The van der Waals surface area contributed by atoms with Crippen LogP contribution in [0.1, 0.15) is 16.8 Å². The number of hydrogen-bond donors (Lipinski definition) is 2. The van der Waals surface area contributed by atoms with Gasteiger partial charge in [-0.05, 0) is 19.4 Å². The molecular formula is C14H16N2O2. The Labute approximate surface area is 105 Å². The Kier molecular flexibility index (Phi) is 3.58. The van der Waals surface area contributed by atoms with Crippen LogP contribution in [-0.4, -0.2) is 21.7 Å². The van der Waals surface area contributed by atoms with Crippen molar-refractivity contribution in [3.8, 4) is 11.4 Å². The second-order valence-corrected chi connectivity index (χ2v) is 4.27. The summed E-state index contributed by atoms with van der Waals surface area (Å²) in [7, 11) is 0. The third kappa shape index (κ3) is 2.33. The summed E-state index contributed by atoms with van der Waals surface area (Å²) in [6, 6.07) is 7.77. The van der Waals surface area contributed by atoms with Crippen molar-refractivity contribution in [2.24, 2.45) is 0 Å². The third-order valence-electron chi connectivity index (χ3n) is 2.98. The molecule has 2 aromatic rings. The number of benzene rings is 1. The van der Waals surface area contributed by atoms with Crippen molar-refractivity contribution in [3.63, 3.8) is 0 Å². The molecule has 2 rings (SSSR count). The lowest BCUT2D eigenvalue weighted by molar-refractivity contribution is 0.298. The monoisotopic (exact) mass is 244 g/mol. The number of H-pyrrole nitrogens is 1. The fourth-order valence-electron chi connectivity index (χ4n) is 1.98. The molecule has 0 radical (unpaired) electrons. The van der Waals surface area contributed by atoms with Crippen LogP contribution in [0.15, 0.2) is 29.1 Å². The molecule has 1 aromatic heterocycles. The Morgan fingerprint density at radius 2 is 2.00 bits per heavy atom. The quantitative estimate of drug-likeness (QED) is 0.861. The van der Waals surface area contributed by atoms with E-state index in [1.807, 2.05) is 31.2 Å². The van der Waals surface area contributed by atoms with Gasteiger partial charge in [-0.3, -0.25) is 4.79 Å². The first-order valence-corrected chi connectivity index (χ1v) is 5.90. The predicted octanol–water partition coefficient (Wildman–Crippen LogP) is 1.59. The minimum absolute atomic E-state index is 0.0463. The van der Waals surface area contributed by atoms with Crippen molar-refractivity contribution in [3.05, 3.63) is 51.4 Å². The van der Waals surface area contributed by atoms with Crippen LogP contribution in [0.3, 0.4) is 0 Å². The fraction of sp³-hybridized carbons (Fsp3) is 0.286. The molecule has 1 aromatic carbocycles. The highest BCUT2D eigenvalue weighted by Gasteiger charge is 2.10. The Bertz CT molecular complexity index is 617. The summed E-state index contributed by atoms with van der Waals surface area (Å²) in [4.78, 5) is 19.1. The summed E-state index contributed by atoms with van der Waals surface area (Å²) >= 11 is 0. The topological polar surface area (TPSA) is 66.0 Å². The van der Waals surface area contributed by atoms with Gasteiger partial charge in [-0.25, -0.2) is 4.98 Å². The molecular weight excluding hydrogens is 228 g/mol. The van der Waals surface area contributed by atoms with Crippen molar-refractivity contribution in [1.82, 2.24) is 9.97 Å². The maximum Gasteiger partial charge on any atom is 0.254 e. The number of rotatable bonds is 3. The molecule has 0 fully saturated rings. The summed E-state index contributed by atoms with van der Waals surface area (Å²) in [5.74, 6) is 0.581. The van der Waals surface area contributed by atoms with E-state index in [2.05, 4.69) is 9.97 Å². The van der Waals surface area contributed by atoms with E-state index in [4.69, 9.17) is 5.11 Å². The zero-order valence-electron chi connectivity index (χ0n) is 10.5. The second kappa shape index (κ2) is 5.14. The highest BCUT2D eigenvalue weighted by atomic mass is 16.3. The van der Waals surface area contributed by atoms with Crippen molar-refractivity contribution >= 4 is 0 Å². The van der Waals surface area contributed by atoms with Crippen molar-refractivity contribution in [1.29, 1.82) is 0 Å². The van der Waals surface area contributed by atoms with Gasteiger partial charge in [0.15, 0.2) is 0 Å². The van der Waals surface area contributed by atoms with Crippen LogP contribution in [0, 0.1) is 13.8 Å². The number of aliphatic hydroxyl groups is 1. The van der Waals surface area contributed by atoms with Gasteiger partial charge in [-0.1, -0.05) is 24.3 Å². The summed E-state index contributed by atoms with van der Waals surface area (Å²) < 4.78 is 0. The number of aliphatic hydroxyl groups excluding tert-OH is 1. The standard InChI is InChI=1S/C14H16N2O2/c1-9-5-3-4-6-11(9)13-15-10(2)12(7-8-17)14(18)16-13/h3-6,17H,7-8H2,1-2H3,(H,15,16,18). The van der Waals surface area contributed by atoms with Crippen LogP contribution in [0.4, 0.5) is 0 Å². The van der Waals surface area contributed by atoms with Gasteiger partial charge in [-0.2, -0.15) is 0 Å². The number of aromatic amines is 1. The van der Waals surface area contributed by atoms with Crippen molar-refractivity contribution in [2.75, 3.05) is 6.61 Å². The van der Waals surface area contributed by atoms with Gasteiger partial charge < -0.3 is 10.1 Å². The molecule has 0 saturated heterocycles. The summed E-state index contributed by atoms with van der Waals surface area (Å²) in [6.45, 7) is 3.73. The van der Waals surface area contributed by atoms with Crippen molar-refractivity contribution in [2.45, 2.75) is 20.3 Å². The molecule has 2 N–H and O–H groups in total. The molecule has 0 aliphatic carbocycles. The second-order valence-electron chi connectivity index (χ2n) is 4.27. The van der Waals surface area contributed by atoms with E-state index in [0.717, 1.165) is 11.1 Å². The largest absolute Gasteiger partial charge is 0.396 e. The molecule has 94 valence electrons. The lowest BCUT2D eigenvalue weighted by Gasteiger charge is -2.08. The lowest BCUT2D eigenvalue weighted by atomic mass is 10.1. The zero-order chi connectivity index (χ0) is 13.1. The average molecular weight is 244 g/mol. The van der Waals surface area contributed by atoms with E-state index < -0.39 is 0 Å². The SMILES string of the molecule is Cc1ccccc1-c1nc(C)c(CCO)c(=O)[nH]1.